The Kier molecular flexibility index (Phi) is 5.66. The number of rotatable bonds is 6. The smallest absolute Gasteiger partial charge is 0.191 e. The van der Waals surface area contributed by atoms with Gasteiger partial charge < -0.3 is 9.30 Å². The topological polar surface area (TPSA) is 39.9 Å². The molecule has 0 spiro atoms. The summed E-state index contributed by atoms with van der Waals surface area (Å²) in [5.74, 6) is 2.43. The van der Waals surface area contributed by atoms with E-state index < -0.39 is 0 Å². The van der Waals surface area contributed by atoms with Gasteiger partial charge in [-0.3, -0.25) is 0 Å². The minimum absolute atomic E-state index is 0.389. The first-order chi connectivity index (χ1) is 12.0. The predicted octanol–water partition coefficient (Wildman–Crippen LogP) is 4.96. The average Bonchev–Trinajstić information content (AvgIpc) is 2.95. The second-order valence-electron chi connectivity index (χ2n) is 5.90. The van der Waals surface area contributed by atoms with Crippen LogP contribution < -0.4 is 4.74 Å². The van der Waals surface area contributed by atoms with Crippen LogP contribution in [0.4, 0.5) is 0 Å². The second kappa shape index (κ2) is 7.93. The molecule has 0 amide bonds. The number of thioether (sulfide) groups is 1. The molecule has 1 aromatic heterocycles. The van der Waals surface area contributed by atoms with Crippen LogP contribution in [-0.4, -0.2) is 14.8 Å². The molecular formula is C19H20ClN3OS. The van der Waals surface area contributed by atoms with E-state index in [1.54, 1.807) is 11.8 Å². The van der Waals surface area contributed by atoms with Crippen LogP contribution in [0.15, 0.2) is 47.6 Å². The van der Waals surface area contributed by atoms with Gasteiger partial charge in [0, 0.05) is 17.8 Å². The highest BCUT2D eigenvalue weighted by Gasteiger charge is 2.11. The van der Waals surface area contributed by atoms with Gasteiger partial charge in [-0.05, 0) is 42.7 Å². The Hall–Kier alpha value is -1.98. The van der Waals surface area contributed by atoms with Crippen LogP contribution in [0.1, 0.15) is 22.5 Å². The molecule has 0 N–H and O–H groups in total. The molecule has 0 saturated carbocycles. The van der Waals surface area contributed by atoms with Crippen LogP contribution in [-0.2, 0) is 19.4 Å². The van der Waals surface area contributed by atoms with Gasteiger partial charge in [-0.2, -0.15) is 0 Å². The maximum absolute atomic E-state index is 6.20. The molecule has 0 aliphatic heterocycles. The van der Waals surface area contributed by atoms with Crippen LogP contribution in [0.2, 0.25) is 5.02 Å². The van der Waals surface area contributed by atoms with Gasteiger partial charge in [-0.25, -0.2) is 0 Å². The highest BCUT2D eigenvalue weighted by Crippen LogP contribution is 2.26. The predicted molar refractivity (Wildman–Crippen MR) is 102 cm³/mol. The number of aromatic nitrogens is 3. The number of aryl methyl sites for hydroxylation is 2. The van der Waals surface area contributed by atoms with E-state index >= 15 is 0 Å². The highest BCUT2D eigenvalue weighted by atomic mass is 35.5. The summed E-state index contributed by atoms with van der Waals surface area (Å²) in [5, 5.41) is 10.1. The van der Waals surface area contributed by atoms with Crippen LogP contribution in [0, 0.1) is 13.8 Å². The summed E-state index contributed by atoms with van der Waals surface area (Å²) in [4.78, 5) is 0. The third-order valence-corrected chi connectivity index (χ3v) is 5.38. The zero-order chi connectivity index (χ0) is 17.8. The normalized spacial score (nSPS) is 10.9. The molecule has 0 saturated heterocycles. The van der Waals surface area contributed by atoms with E-state index in [1.807, 2.05) is 48.9 Å². The van der Waals surface area contributed by atoms with Crippen molar-refractivity contribution in [2.24, 2.45) is 7.05 Å². The van der Waals surface area contributed by atoms with Crippen molar-refractivity contribution in [2.45, 2.75) is 31.4 Å². The number of ether oxygens (including phenoxy) is 1. The van der Waals surface area contributed by atoms with E-state index in [0.717, 1.165) is 38.6 Å². The summed E-state index contributed by atoms with van der Waals surface area (Å²) < 4.78 is 7.89. The van der Waals surface area contributed by atoms with Crippen LogP contribution in [0.3, 0.4) is 0 Å². The third-order valence-electron chi connectivity index (χ3n) is 3.94. The number of hydrogen-bond donors (Lipinski definition) is 0. The van der Waals surface area contributed by atoms with Gasteiger partial charge in [0.15, 0.2) is 11.0 Å². The van der Waals surface area contributed by atoms with Gasteiger partial charge in [-0.1, -0.05) is 53.7 Å². The maximum Gasteiger partial charge on any atom is 0.191 e. The average molecular weight is 374 g/mol. The molecule has 3 aromatic rings. The molecule has 0 unspecified atom stereocenters. The molecule has 0 aliphatic rings. The fraction of sp³-hybridized carbons (Fsp3) is 0.263. The van der Waals surface area contributed by atoms with Crippen molar-refractivity contribution in [3.63, 3.8) is 0 Å². The van der Waals surface area contributed by atoms with Crippen molar-refractivity contribution < 1.29 is 4.74 Å². The molecule has 4 nitrogen and oxygen atoms in total. The summed E-state index contributed by atoms with van der Waals surface area (Å²) in [7, 11) is 1.96. The SMILES string of the molecule is Cc1ccc(C)c(OCc2nnc(SCc3ccccc3Cl)n2C)c1. The zero-order valence-electron chi connectivity index (χ0n) is 14.5. The lowest BCUT2D eigenvalue weighted by Crippen LogP contribution is -2.05. The zero-order valence-corrected chi connectivity index (χ0v) is 16.1. The molecule has 0 fully saturated rings. The van der Waals surface area contributed by atoms with Crippen molar-refractivity contribution >= 4 is 23.4 Å². The summed E-state index contributed by atoms with van der Waals surface area (Å²) in [6, 6.07) is 14.0. The van der Waals surface area contributed by atoms with Gasteiger partial charge in [0.2, 0.25) is 0 Å². The fourth-order valence-electron chi connectivity index (χ4n) is 2.36. The Labute approximate surface area is 157 Å². The first kappa shape index (κ1) is 17.8. The van der Waals surface area contributed by atoms with E-state index in [0.29, 0.717) is 6.61 Å². The molecule has 6 heteroatoms. The lowest BCUT2D eigenvalue weighted by Gasteiger charge is -2.10. The third kappa shape index (κ3) is 4.35. The Morgan fingerprint density at radius 3 is 2.72 bits per heavy atom. The lowest BCUT2D eigenvalue weighted by atomic mass is 10.1. The van der Waals surface area contributed by atoms with Crippen molar-refractivity contribution in [3.8, 4) is 5.75 Å². The molecule has 1 heterocycles. The van der Waals surface area contributed by atoms with Crippen LogP contribution >= 0.6 is 23.4 Å². The quantitative estimate of drug-likeness (QED) is 0.573. The summed E-state index contributed by atoms with van der Waals surface area (Å²) >= 11 is 7.82. The number of hydrogen-bond acceptors (Lipinski definition) is 4. The molecule has 130 valence electrons. The Morgan fingerprint density at radius 2 is 1.92 bits per heavy atom. The van der Waals surface area contributed by atoms with Gasteiger partial charge in [0.25, 0.3) is 0 Å². The van der Waals surface area contributed by atoms with E-state index in [4.69, 9.17) is 16.3 Å². The Morgan fingerprint density at radius 1 is 1.12 bits per heavy atom. The highest BCUT2D eigenvalue weighted by molar-refractivity contribution is 7.98. The first-order valence-electron chi connectivity index (χ1n) is 7.99. The number of benzene rings is 2. The largest absolute Gasteiger partial charge is 0.485 e. The van der Waals surface area contributed by atoms with Gasteiger partial charge >= 0.3 is 0 Å². The number of nitrogens with zero attached hydrogens (tertiary/aromatic N) is 3. The van der Waals surface area contributed by atoms with Crippen LogP contribution in [0.5, 0.6) is 5.75 Å². The van der Waals surface area contributed by atoms with E-state index in [2.05, 4.69) is 29.3 Å². The minimum Gasteiger partial charge on any atom is -0.485 e. The molecule has 0 atom stereocenters. The van der Waals surface area contributed by atoms with Gasteiger partial charge in [0.1, 0.15) is 12.4 Å². The van der Waals surface area contributed by atoms with Crippen LogP contribution in [0.25, 0.3) is 0 Å². The van der Waals surface area contributed by atoms with E-state index in [9.17, 15) is 0 Å². The monoisotopic (exact) mass is 373 g/mol. The molecule has 3 rings (SSSR count). The van der Waals surface area contributed by atoms with Crippen molar-refractivity contribution in [1.29, 1.82) is 0 Å². The van der Waals surface area contributed by atoms with E-state index in [1.165, 1.54) is 5.56 Å². The van der Waals surface area contributed by atoms with Crippen molar-refractivity contribution in [3.05, 3.63) is 70.0 Å². The van der Waals surface area contributed by atoms with Crippen molar-refractivity contribution in [2.75, 3.05) is 0 Å². The fourth-order valence-corrected chi connectivity index (χ4v) is 3.57. The molecule has 25 heavy (non-hydrogen) atoms. The Bertz CT molecular complexity index is 879. The molecule has 0 aliphatic carbocycles. The van der Waals surface area contributed by atoms with Crippen molar-refractivity contribution in [1.82, 2.24) is 14.8 Å². The summed E-state index contributed by atoms with van der Waals surface area (Å²) in [6.45, 7) is 4.48. The Balaban J connectivity index is 1.65. The minimum atomic E-state index is 0.389. The van der Waals surface area contributed by atoms with Gasteiger partial charge in [-0.15, -0.1) is 10.2 Å². The molecule has 0 radical (unpaired) electrons. The van der Waals surface area contributed by atoms with E-state index in [-0.39, 0.29) is 0 Å². The molecular weight excluding hydrogens is 354 g/mol. The molecule has 2 aromatic carbocycles. The number of halogens is 1. The summed E-state index contributed by atoms with van der Waals surface area (Å²) in [6.07, 6.45) is 0. The maximum atomic E-state index is 6.20. The van der Waals surface area contributed by atoms with Gasteiger partial charge in [0.05, 0.1) is 0 Å². The first-order valence-corrected chi connectivity index (χ1v) is 9.35. The standard InChI is InChI=1S/C19H20ClN3OS/c1-13-8-9-14(2)17(10-13)24-11-18-21-22-19(23(18)3)25-12-15-6-4-5-7-16(15)20/h4-10H,11-12H2,1-3H3. The second-order valence-corrected chi connectivity index (χ2v) is 7.25. The summed E-state index contributed by atoms with van der Waals surface area (Å²) in [5.41, 5.74) is 3.38. The lowest BCUT2D eigenvalue weighted by molar-refractivity contribution is 0.288. The molecule has 0 bridgehead atoms.